The highest BCUT2D eigenvalue weighted by atomic mass is 35.5. The minimum absolute atomic E-state index is 0.0289. The molecule has 0 unspecified atom stereocenters. The summed E-state index contributed by atoms with van der Waals surface area (Å²) in [6.45, 7) is 6.92. The maximum absolute atomic E-state index is 12.0. The van der Waals surface area contributed by atoms with Crippen molar-refractivity contribution in [2.45, 2.75) is 46.1 Å². The van der Waals surface area contributed by atoms with Gasteiger partial charge >= 0.3 is 0 Å². The number of carbonyl (C=O) groups excluding carboxylic acids is 1. The molecule has 3 nitrogen and oxygen atoms in total. The van der Waals surface area contributed by atoms with Crippen LogP contribution in [0.2, 0.25) is 5.02 Å². The number of benzene rings is 1. The van der Waals surface area contributed by atoms with Gasteiger partial charge < -0.3 is 11.1 Å². The Labute approximate surface area is 126 Å². The molecule has 1 atom stereocenters. The second kappa shape index (κ2) is 7.65. The molecule has 0 aliphatic carbocycles. The molecule has 1 aromatic carbocycles. The molecule has 1 aromatic rings. The average molecular weight is 297 g/mol. The first-order chi connectivity index (χ1) is 9.34. The van der Waals surface area contributed by atoms with Crippen LogP contribution in [0.1, 0.15) is 51.6 Å². The van der Waals surface area contributed by atoms with E-state index in [4.69, 9.17) is 17.3 Å². The monoisotopic (exact) mass is 296 g/mol. The van der Waals surface area contributed by atoms with Gasteiger partial charge in [-0.2, -0.15) is 0 Å². The van der Waals surface area contributed by atoms with Crippen LogP contribution in [0.15, 0.2) is 24.3 Å². The van der Waals surface area contributed by atoms with Crippen LogP contribution in [0.4, 0.5) is 0 Å². The Morgan fingerprint density at radius 2 is 2.10 bits per heavy atom. The largest absolute Gasteiger partial charge is 0.350 e. The van der Waals surface area contributed by atoms with Crippen LogP contribution in [-0.2, 0) is 4.79 Å². The van der Waals surface area contributed by atoms with Crippen molar-refractivity contribution in [3.8, 4) is 0 Å². The summed E-state index contributed by atoms with van der Waals surface area (Å²) in [5, 5.41) is 3.70. The lowest BCUT2D eigenvalue weighted by atomic mass is 9.84. The highest BCUT2D eigenvalue weighted by molar-refractivity contribution is 6.30. The van der Waals surface area contributed by atoms with Gasteiger partial charge in [0.1, 0.15) is 0 Å². The van der Waals surface area contributed by atoms with Crippen molar-refractivity contribution in [1.29, 1.82) is 0 Å². The third-order valence-corrected chi connectivity index (χ3v) is 3.81. The van der Waals surface area contributed by atoms with E-state index in [1.165, 1.54) is 0 Å². The number of hydrogen-bond donors (Lipinski definition) is 2. The van der Waals surface area contributed by atoms with Crippen LogP contribution < -0.4 is 11.1 Å². The van der Waals surface area contributed by atoms with Crippen molar-refractivity contribution < 1.29 is 4.79 Å². The molecule has 0 radical (unpaired) electrons. The van der Waals surface area contributed by atoms with Gasteiger partial charge in [-0.25, -0.2) is 0 Å². The molecule has 112 valence electrons. The maximum atomic E-state index is 12.0. The Kier molecular flexibility index (Phi) is 6.50. The predicted molar refractivity (Wildman–Crippen MR) is 84.7 cm³/mol. The zero-order chi connectivity index (χ0) is 15.2. The standard InChI is InChI=1S/C16H25ClN2O/c1-12(13-5-4-6-14(17)11-13)19-15(20)7-8-16(2,3)9-10-18/h4-6,11-12H,7-10,18H2,1-3H3,(H,19,20)/t12-/m1/s1. The molecule has 0 aliphatic heterocycles. The molecule has 0 aliphatic rings. The second-order valence-electron chi connectivity index (χ2n) is 6.05. The Morgan fingerprint density at radius 3 is 2.70 bits per heavy atom. The van der Waals surface area contributed by atoms with Gasteiger partial charge in [0.25, 0.3) is 0 Å². The van der Waals surface area contributed by atoms with Crippen LogP contribution in [0.5, 0.6) is 0 Å². The van der Waals surface area contributed by atoms with Crippen LogP contribution in [0, 0.1) is 5.41 Å². The lowest BCUT2D eigenvalue weighted by molar-refractivity contribution is -0.122. The van der Waals surface area contributed by atoms with Crippen LogP contribution in [0.3, 0.4) is 0 Å². The quantitative estimate of drug-likeness (QED) is 0.806. The molecule has 4 heteroatoms. The third-order valence-electron chi connectivity index (χ3n) is 3.58. The van der Waals surface area contributed by atoms with Crippen molar-refractivity contribution in [3.05, 3.63) is 34.9 Å². The molecule has 0 aromatic heterocycles. The van der Waals surface area contributed by atoms with Gasteiger partial charge in [-0.1, -0.05) is 37.6 Å². The highest BCUT2D eigenvalue weighted by Gasteiger charge is 2.19. The van der Waals surface area contributed by atoms with E-state index < -0.39 is 0 Å². The lowest BCUT2D eigenvalue weighted by Gasteiger charge is -2.24. The highest BCUT2D eigenvalue weighted by Crippen LogP contribution is 2.26. The van der Waals surface area contributed by atoms with Crippen molar-refractivity contribution in [2.24, 2.45) is 11.1 Å². The number of nitrogens with one attached hydrogen (secondary N) is 1. The first-order valence-electron chi connectivity index (χ1n) is 7.09. The van der Waals surface area contributed by atoms with Gasteiger partial charge in [0.2, 0.25) is 5.91 Å². The molecule has 0 saturated carbocycles. The van der Waals surface area contributed by atoms with Gasteiger partial charge in [-0.15, -0.1) is 0 Å². The zero-order valence-electron chi connectivity index (χ0n) is 12.6. The van der Waals surface area contributed by atoms with Crippen LogP contribution in [0.25, 0.3) is 0 Å². The number of rotatable bonds is 7. The Hall–Kier alpha value is -1.06. The molecule has 0 fully saturated rings. The number of amides is 1. The van der Waals surface area contributed by atoms with Gasteiger partial charge in [-0.05, 0) is 49.4 Å². The maximum Gasteiger partial charge on any atom is 0.220 e. The summed E-state index contributed by atoms with van der Waals surface area (Å²) in [4.78, 5) is 12.0. The zero-order valence-corrected chi connectivity index (χ0v) is 13.3. The van der Waals surface area contributed by atoms with E-state index in [0.717, 1.165) is 18.4 Å². The SMILES string of the molecule is C[C@@H](NC(=O)CCC(C)(C)CCN)c1cccc(Cl)c1. The predicted octanol–water partition coefficient (Wildman–Crippen LogP) is 3.67. The average Bonchev–Trinajstić information content (AvgIpc) is 2.36. The minimum Gasteiger partial charge on any atom is -0.350 e. The van der Waals surface area contributed by atoms with Gasteiger partial charge in [-0.3, -0.25) is 4.79 Å². The molecule has 1 amide bonds. The Morgan fingerprint density at radius 1 is 1.40 bits per heavy atom. The van der Waals surface area contributed by atoms with Crippen molar-refractivity contribution >= 4 is 17.5 Å². The van der Waals surface area contributed by atoms with E-state index in [2.05, 4.69) is 19.2 Å². The lowest BCUT2D eigenvalue weighted by Crippen LogP contribution is -2.28. The van der Waals surface area contributed by atoms with Crippen LogP contribution >= 0.6 is 11.6 Å². The second-order valence-corrected chi connectivity index (χ2v) is 6.48. The molecule has 1 rings (SSSR count). The van der Waals surface area contributed by atoms with E-state index in [1.54, 1.807) is 0 Å². The smallest absolute Gasteiger partial charge is 0.220 e. The summed E-state index contributed by atoms with van der Waals surface area (Å²) < 4.78 is 0. The van der Waals surface area contributed by atoms with Gasteiger partial charge in [0, 0.05) is 11.4 Å². The molecule has 0 saturated heterocycles. The number of carbonyl (C=O) groups is 1. The number of hydrogen-bond acceptors (Lipinski definition) is 2. The van der Waals surface area contributed by atoms with E-state index in [1.807, 2.05) is 31.2 Å². The molecule has 20 heavy (non-hydrogen) atoms. The van der Waals surface area contributed by atoms with E-state index in [0.29, 0.717) is 18.0 Å². The summed E-state index contributed by atoms with van der Waals surface area (Å²) >= 11 is 5.96. The fourth-order valence-electron chi connectivity index (χ4n) is 2.14. The molecule has 0 spiro atoms. The Bertz CT molecular complexity index is 446. The first kappa shape index (κ1) is 17.0. The van der Waals surface area contributed by atoms with Crippen molar-refractivity contribution in [2.75, 3.05) is 6.54 Å². The topological polar surface area (TPSA) is 55.1 Å². The van der Waals surface area contributed by atoms with Crippen LogP contribution in [-0.4, -0.2) is 12.5 Å². The summed E-state index contributed by atoms with van der Waals surface area (Å²) in [6, 6.07) is 7.54. The fourth-order valence-corrected chi connectivity index (χ4v) is 2.34. The number of halogens is 1. The molecular formula is C16H25ClN2O. The van der Waals surface area contributed by atoms with E-state index in [-0.39, 0.29) is 17.4 Å². The van der Waals surface area contributed by atoms with Gasteiger partial charge in [0.05, 0.1) is 6.04 Å². The summed E-state index contributed by atoms with van der Waals surface area (Å²) in [5.41, 5.74) is 6.72. The van der Waals surface area contributed by atoms with Gasteiger partial charge in [0.15, 0.2) is 0 Å². The molecular weight excluding hydrogens is 272 g/mol. The number of nitrogens with two attached hydrogens (primary N) is 1. The van der Waals surface area contributed by atoms with E-state index >= 15 is 0 Å². The van der Waals surface area contributed by atoms with Crippen molar-refractivity contribution in [1.82, 2.24) is 5.32 Å². The molecule has 3 N–H and O–H groups in total. The first-order valence-corrected chi connectivity index (χ1v) is 7.47. The van der Waals surface area contributed by atoms with E-state index in [9.17, 15) is 4.79 Å². The summed E-state index contributed by atoms with van der Waals surface area (Å²) in [5.74, 6) is 0.0718. The summed E-state index contributed by atoms with van der Waals surface area (Å²) in [6.07, 6.45) is 2.31. The fraction of sp³-hybridized carbons (Fsp3) is 0.562. The van der Waals surface area contributed by atoms with Crippen molar-refractivity contribution in [3.63, 3.8) is 0 Å². The molecule has 0 bridgehead atoms. The summed E-state index contributed by atoms with van der Waals surface area (Å²) in [7, 11) is 0. The normalized spacial score (nSPS) is 13.1. The minimum atomic E-state index is -0.0289. The third kappa shape index (κ3) is 5.93. The molecule has 0 heterocycles. The Balaban J connectivity index is 2.46.